The van der Waals surface area contributed by atoms with Crippen LogP contribution in [0, 0.1) is 6.92 Å². The van der Waals surface area contributed by atoms with Gasteiger partial charge >= 0.3 is 0 Å². The first kappa shape index (κ1) is 21.2. The summed E-state index contributed by atoms with van der Waals surface area (Å²) >= 11 is 1.56. The molecule has 0 unspecified atom stereocenters. The van der Waals surface area contributed by atoms with Crippen molar-refractivity contribution in [3.8, 4) is 0 Å². The second kappa shape index (κ2) is 8.68. The Morgan fingerprint density at radius 3 is 2.21 bits per heavy atom. The fraction of sp³-hybridized carbons (Fsp3) is 0.143. The van der Waals surface area contributed by atoms with Gasteiger partial charge < -0.3 is 9.80 Å². The second-order valence-electron chi connectivity index (χ2n) is 8.27. The molecule has 164 valence electrons. The Kier molecular flexibility index (Phi) is 5.56. The Labute approximate surface area is 197 Å². The molecule has 0 bridgehead atoms. The van der Waals surface area contributed by atoms with Crippen molar-refractivity contribution in [3.05, 3.63) is 117 Å². The van der Waals surface area contributed by atoms with Crippen molar-refractivity contribution in [1.29, 1.82) is 0 Å². The monoisotopic (exact) mass is 452 g/mol. The van der Waals surface area contributed by atoms with Crippen molar-refractivity contribution in [2.24, 2.45) is 0 Å². The van der Waals surface area contributed by atoms with Gasteiger partial charge in [-0.1, -0.05) is 42.5 Å². The third-order valence-corrected chi connectivity index (χ3v) is 7.10. The first-order valence-corrected chi connectivity index (χ1v) is 11.8. The number of aryl methyl sites for hydroxylation is 1. The zero-order chi connectivity index (χ0) is 22.9. The number of amides is 2. The Bertz CT molecular complexity index is 1340. The molecule has 1 aliphatic heterocycles. The number of rotatable bonds is 3. The lowest BCUT2D eigenvalue weighted by Gasteiger charge is -2.24. The molecular weight excluding hydrogens is 428 g/mol. The van der Waals surface area contributed by atoms with E-state index in [0.29, 0.717) is 17.7 Å². The molecule has 1 aromatic heterocycles. The molecule has 0 fully saturated rings. The Morgan fingerprint density at radius 1 is 0.848 bits per heavy atom. The minimum Gasteiger partial charge on any atom is -0.311 e. The molecule has 0 N–H and O–H groups in total. The molecule has 0 spiro atoms. The van der Waals surface area contributed by atoms with E-state index >= 15 is 0 Å². The summed E-state index contributed by atoms with van der Waals surface area (Å²) in [6.07, 6.45) is 0.809. The van der Waals surface area contributed by atoms with E-state index in [1.54, 1.807) is 35.4 Å². The number of hydrogen-bond donors (Lipinski definition) is 0. The number of benzene rings is 3. The number of nitrogens with zero attached hydrogens (tertiary/aromatic N) is 2. The predicted molar refractivity (Wildman–Crippen MR) is 134 cm³/mol. The van der Waals surface area contributed by atoms with E-state index in [4.69, 9.17) is 0 Å². The molecular formula is C28H24N2O2S. The lowest BCUT2D eigenvalue weighted by molar-refractivity contribution is 0.0981. The van der Waals surface area contributed by atoms with Gasteiger partial charge in [-0.15, -0.1) is 11.3 Å². The van der Waals surface area contributed by atoms with Crippen LogP contribution in [-0.2, 0) is 13.0 Å². The normalized spacial score (nSPS) is 12.5. The minimum absolute atomic E-state index is 0.0478. The third kappa shape index (κ3) is 3.96. The van der Waals surface area contributed by atoms with Crippen LogP contribution in [0.4, 0.5) is 11.4 Å². The van der Waals surface area contributed by atoms with Crippen LogP contribution in [-0.4, -0.2) is 18.9 Å². The van der Waals surface area contributed by atoms with Crippen molar-refractivity contribution in [2.75, 3.05) is 16.8 Å². The Balaban J connectivity index is 1.44. The van der Waals surface area contributed by atoms with Gasteiger partial charge in [0.1, 0.15) is 0 Å². The number of fused-ring (bicyclic) bond motifs is 2. The Hall–Kier alpha value is -3.70. The van der Waals surface area contributed by atoms with Crippen LogP contribution in [0.5, 0.6) is 0 Å². The molecule has 3 aromatic carbocycles. The van der Waals surface area contributed by atoms with Crippen molar-refractivity contribution in [1.82, 2.24) is 0 Å². The number of anilines is 2. The number of carbonyl (C=O) groups is 2. The van der Waals surface area contributed by atoms with E-state index in [2.05, 4.69) is 18.2 Å². The summed E-state index contributed by atoms with van der Waals surface area (Å²) in [4.78, 5) is 30.9. The molecule has 5 heteroatoms. The molecule has 0 radical (unpaired) electrons. The zero-order valence-corrected chi connectivity index (χ0v) is 19.4. The predicted octanol–water partition coefficient (Wildman–Crippen LogP) is 6.08. The standard InChI is InChI=1S/C28H24N2O2S/c1-19-25(15-16-33-19)28(32)29(2)24-13-11-20(12-14-24)27(31)30-18-23-9-4-3-7-21(23)17-22-8-5-6-10-26(22)30/h3-16H,17-18H2,1-2H3. The number of carbonyl (C=O) groups excluding carboxylic acids is 2. The van der Waals surface area contributed by atoms with Crippen LogP contribution < -0.4 is 9.80 Å². The average molecular weight is 453 g/mol. The van der Waals surface area contributed by atoms with Crippen LogP contribution in [0.25, 0.3) is 0 Å². The first-order valence-electron chi connectivity index (χ1n) is 10.9. The first-order chi connectivity index (χ1) is 16.0. The molecule has 2 amide bonds. The summed E-state index contributed by atoms with van der Waals surface area (Å²) in [5.74, 6) is -0.0979. The van der Waals surface area contributed by atoms with E-state index in [1.807, 2.05) is 65.7 Å². The lowest BCUT2D eigenvalue weighted by atomic mass is 10.0. The maximum Gasteiger partial charge on any atom is 0.259 e. The van der Waals surface area contributed by atoms with Gasteiger partial charge in [0.15, 0.2) is 0 Å². The molecule has 33 heavy (non-hydrogen) atoms. The van der Waals surface area contributed by atoms with E-state index in [-0.39, 0.29) is 11.8 Å². The van der Waals surface area contributed by atoms with Gasteiger partial charge in [0.25, 0.3) is 11.8 Å². The smallest absolute Gasteiger partial charge is 0.259 e. The Morgan fingerprint density at radius 2 is 1.52 bits per heavy atom. The van der Waals surface area contributed by atoms with Crippen LogP contribution in [0.1, 0.15) is 42.3 Å². The summed E-state index contributed by atoms with van der Waals surface area (Å²) in [6, 6.07) is 25.5. The van der Waals surface area contributed by atoms with Crippen molar-refractivity contribution >= 4 is 34.5 Å². The summed E-state index contributed by atoms with van der Waals surface area (Å²) in [7, 11) is 1.76. The third-order valence-electron chi connectivity index (χ3n) is 6.25. The highest BCUT2D eigenvalue weighted by Crippen LogP contribution is 2.32. The summed E-state index contributed by atoms with van der Waals surface area (Å²) in [5.41, 5.74) is 6.56. The van der Waals surface area contributed by atoms with Gasteiger partial charge in [0.05, 0.1) is 12.1 Å². The molecule has 5 rings (SSSR count). The van der Waals surface area contributed by atoms with Gasteiger partial charge in [-0.25, -0.2) is 0 Å². The van der Waals surface area contributed by atoms with Crippen LogP contribution in [0.2, 0.25) is 0 Å². The minimum atomic E-state index is -0.0501. The summed E-state index contributed by atoms with van der Waals surface area (Å²) < 4.78 is 0. The van der Waals surface area contributed by atoms with Gasteiger partial charge in [0, 0.05) is 28.9 Å². The van der Waals surface area contributed by atoms with E-state index in [0.717, 1.165) is 33.8 Å². The van der Waals surface area contributed by atoms with E-state index in [1.165, 1.54) is 5.56 Å². The molecule has 0 saturated carbocycles. The van der Waals surface area contributed by atoms with Gasteiger partial charge in [0.2, 0.25) is 0 Å². The van der Waals surface area contributed by atoms with Crippen LogP contribution in [0.15, 0.2) is 84.2 Å². The van der Waals surface area contributed by atoms with Crippen molar-refractivity contribution in [3.63, 3.8) is 0 Å². The zero-order valence-electron chi connectivity index (χ0n) is 18.6. The van der Waals surface area contributed by atoms with E-state index in [9.17, 15) is 9.59 Å². The molecule has 4 nitrogen and oxygen atoms in total. The quantitative estimate of drug-likeness (QED) is 0.378. The summed E-state index contributed by atoms with van der Waals surface area (Å²) in [5, 5.41) is 1.93. The molecule has 0 saturated heterocycles. The molecule has 2 heterocycles. The molecule has 0 atom stereocenters. The fourth-order valence-electron chi connectivity index (χ4n) is 4.34. The van der Waals surface area contributed by atoms with Crippen molar-refractivity contribution in [2.45, 2.75) is 19.9 Å². The maximum absolute atomic E-state index is 13.6. The lowest BCUT2D eigenvalue weighted by Crippen LogP contribution is -2.30. The maximum atomic E-state index is 13.6. The highest BCUT2D eigenvalue weighted by molar-refractivity contribution is 7.10. The van der Waals surface area contributed by atoms with E-state index < -0.39 is 0 Å². The summed E-state index contributed by atoms with van der Waals surface area (Å²) in [6.45, 7) is 2.48. The largest absolute Gasteiger partial charge is 0.311 e. The second-order valence-corrected chi connectivity index (χ2v) is 9.39. The number of thiophene rings is 1. The van der Waals surface area contributed by atoms with Gasteiger partial charge in [-0.3, -0.25) is 9.59 Å². The topological polar surface area (TPSA) is 40.6 Å². The van der Waals surface area contributed by atoms with Crippen molar-refractivity contribution < 1.29 is 9.59 Å². The van der Waals surface area contributed by atoms with Gasteiger partial charge in [-0.2, -0.15) is 0 Å². The molecule has 1 aliphatic rings. The highest BCUT2D eigenvalue weighted by atomic mass is 32.1. The molecule has 4 aromatic rings. The van der Waals surface area contributed by atoms with Crippen LogP contribution in [0.3, 0.4) is 0 Å². The SMILES string of the molecule is Cc1sccc1C(=O)N(C)c1ccc(C(=O)N2Cc3ccccc3Cc3ccccc32)cc1. The average Bonchev–Trinajstić information content (AvgIpc) is 3.20. The number of para-hydroxylation sites is 1. The highest BCUT2D eigenvalue weighted by Gasteiger charge is 2.25. The fourth-order valence-corrected chi connectivity index (χ4v) is 5.03. The van der Waals surface area contributed by atoms with Crippen LogP contribution >= 0.6 is 11.3 Å². The number of hydrogen-bond acceptors (Lipinski definition) is 3. The molecule has 0 aliphatic carbocycles. The van der Waals surface area contributed by atoms with Gasteiger partial charge in [-0.05, 0) is 71.8 Å².